The van der Waals surface area contributed by atoms with Gasteiger partial charge in [0.2, 0.25) is 0 Å². The number of nitrogens with zero attached hydrogens (tertiary/aromatic N) is 5. The predicted octanol–water partition coefficient (Wildman–Crippen LogP) is 13.9. The molecule has 0 unspecified atom stereocenters. The molecule has 3 aromatic heterocycles. The van der Waals surface area contributed by atoms with Crippen molar-refractivity contribution < 1.29 is 0 Å². The van der Waals surface area contributed by atoms with Gasteiger partial charge in [-0.2, -0.15) is 0 Å². The molecule has 5 heteroatoms. The fraction of sp³-hybridized carbons (Fsp3) is 0. The van der Waals surface area contributed by atoms with Crippen LogP contribution in [0, 0.1) is 0 Å². The highest BCUT2D eigenvalue weighted by atomic mass is 15.0. The van der Waals surface area contributed by atoms with E-state index >= 15 is 0 Å². The van der Waals surface area contributed by atoms with Gasteiger partial charge in [-0.05, 0) is 64.4 Å². The van der Waals surface area contributed by atoms with Gasteiger partial charge in [-0.3, -0.25) is 0 Å². The maximum atomic E-state index is 5.15. The van der Waals surface area contributed by atoms with Crippen LogP contribution in [0.5, 0.6) is 0 Å². The van der Waals surface area contributed by atoms with Crippen LogP contribution in [-0.2, 0) is 0 Å². The minimum atomic E-state index is 0.618. The van der Waals surface area contributed by atoms with Crippen LogP contribution in [0.15, 0.2) is 212 Å². The van der Waals surface area contributed by atoms with Crippen LogP contribution < -0.4 is 0 Å². The third-order valence-corrected chi connectivity index (χ3v) is 11.7. The summed E-state index contributed by atoms with van der Waals surface area (Å²) in [5, 5.41) is 7.31. The largest absolute Gasteiger partial charge is 0.309 e. The Morgan fingerprint density at radius 2 is 0.817 bits per heavy atom. The van der Waals surface area contributed by atoms with Gasteiger partial charge in [0.15, 0.2) is 17.5 Å². The van der Waals surface area contributed by atoms with E-state index in [0.717, 1.165) is 44.7 Å². The third kappa shape index (κ3) is 5.52. The lowest BCUT2D eigenvalue weighted by Gasteiger charge is -2.12. The summed E-state index contributed by atoms with van der Waals surface area (Å²) in [6.07, 6.45) is 0. The first-order valence-electron chi connectivity index (χ1n) is 20.3. The summed E-state index contributed by atoms with van der Waals surface area (Å²) in [7, 11) is 0. The van der Waals surface area contributed by atoms with E-state index in [2.05, 4.69) is 185 Å². The molecule has 0 N–H and O–H groups in total. The third-order valence-electron chi connectivity index (χ3n) is 11.7. The maximum absolute atomic E-state index is 5.15. The first kappa shape index (κ1) is 33.9. The lowest BCUT2D eigenvalue weighted by atomic mass is 10.0. The number of hydrogen-bond donors (Lipinski definition) is 0. The van der Waals surface area contributed by atoms with Gasteiger partial charge in [-0.15, -0.1) is 0 Å². The highest BCUT2D eigenvalue weighted by Gasteiger charge is 2.21. The number of aromatic nitrogens is 5. The van der Waals surface area contributed by atoms with Crippen LogP contribution in [0.3, 0.4) is 0 Å². The van der Waals surface area contributed by atoms with E-state index in [0.29, 0.717) is 17.5 Å². The molecular weight excluding hydrogens is 731 g/mol. The molecule has 12 rings (SSSR count). The van der Waals surface area contributed by atoms with Gasteiger partial charge in [0, 0.05) is 49.6 Å². The van der Waals surface area contributed by atoms with Gasteiger partial charge >= 0.3 is 0 Å². The normalized spacial score (nSPS) is 11.7. The molecule has 5 nitrogen and oxygen atoms in total. The molecular formula is C55H35N5. The summed E-state index contributed by atoms with van der Waals surface area (Å²) >= 11 is 0. The molecule has 3 heterocycles. The molecule has 0 saturated carbocycles. The molecule has 280 valence electrons. The molecule has 0 amide bonds. The van der Waals surface area contributed by atoms with Crippen molar-refractivity contribution in [3.63, 3.8) is 0 Å². The fourth-order valence-electron chi connectivity index (χ4n) is 8.95. The minimum Gasteiger partial charge on any atom is -0.309 e. The van der Waals surface area contributed by atoms with E-state index in [1.54, 1.807) is 0 Å². The van der Waals surface area contributed by atoms with Crippen molar-refractivity contribution >= 4 is 54.4 Å². The van der Waals surface area contributed by atoms with E-state index in [1.807, 2.05) is 36.4 Å². The molecule has 0 aliphatic carbocycles. The second-order valence-corrected chi connectivity index (χ2v) is 15.3. The van der Waals surface area contributed by atoms with Gasteiger partial charge in [0.1, 0.15) is 0 Å². The maximum Gasteiger partial charge on any atom is 0.164 e. The lowest BCUT2D eigenvalue weighted by Crippen LogP contribution is -2.01. The first-order valence-corrected chi connectivity index (χ1v) is 20.3. The average molecular weight is 766 g/mol. The Hall–Kier alpha value is -8.15. The Morgan fingerprint density at radius 3 is 1.57 bits per heavy atom. The topological polar surface area (TPSA) is 48.5 Å². The SMILES string of the molecule is c1ccc(-c2ccc(-c3nc(-c4ccccc4)nc(-c4cccc(-n5c6ccccc6c6c5ccc5c7ccccc7n(-c7ccc8ccccc8c7)c56)c4)n3)cc2)cc1. The van der Waals surface area contributed by atoms with E-state index in [-0.39, 0.29) is 0 Å². The number of hydrogen-bond acceptors (Lipinski definition) is 3. The molecule has 0 radical (unpaired) electrons. The van der Waals surface area contributed by atoms with E-state index in [1.165, 1.54) is 48.9 Å². The van der Waals surface area contributed by atoms with Crippen LogP contribution >= 0.6 is 0 Å². The van der Waals surface area contributed by atoms with Gasteiger partial charge < -0.3 is 9.13 Å². The highest BCUT2D eigenvalue weighted by molar-refractivity contribution is 6.26. The van der Waals surface area contributed by atoms with E-state index in [4.69, 9.17) is 15.0 Å². The van der Waals surface area contributed by atoms with Crippen molar-refractivity contribution in [3.8, 4) is 56.7 Å². The summed E-state index contributed by atoms with van der Waals surface area (Å²) in [4.78, 5) is 15.3. The van der Waals surface area contributed by atoms with Crippen molar-refractivity contribution in [2.45, 2.75) is 0 Å². The van der Waals surface area contributed by atoms with Gasteiger partial charge in [-0.1, -0.05) is 170 Å². The quantitative estimate of drug-likeness (QED) is 0.169. The first-order chi connectivity index (χ1) is 29.7. The number of rotatable bonds is 6. The molecule has 0 bridgehead atoms. The van der Waals surface area contributed by atoms with Crippen LogP contribution in [0.25, 0.3) is 111 Å². The second kappa shape index (κ2) is 13.8. The summed E-state index contributed by atoms with van der Waals surface area (Å²) in [5.41, 5.74) is 11.9. The molecule has 0 aliphatic heterocycles. The van der Waals surface area contributed by atoms with Crippen LogP contribution in [-0.4, -0.2) is 24.1 Å². The van der Waals surface area contributed by atoms with Crippen molar-refractivity contribution in [2.24, 2.45) is 0 Å². The molecule has 0 atom stereocenters. The molecule has 0 saturated heterocycles. The highest BCUT2D eigenvalue weighted by Crippen LogP contribution is 2.42. The van der Waals surface area contributed by atoms with Gasteiger partial charge in [0.25, 0.3) is 0 Å². The Morgan fingerprint density at radius 1 is 0.283 bits per heavy atom. The Bertz CT molecular complexity index is 3580. The number of para-hydroxylation sites is 2. The number of benzene rings is 9. The molecule has 0 spiro atoms. The summed E-state index contributed by atoms with van der Waals surface area (Å²) in [6, 6.07) is 75.1. The zero-order chi connectivity index (χ0) is 39.6. The fourth-order valence-corrected chi connectivity index (χ4v) is 8.95. The molecule has 9 aromatic carbocycles. The molecule has 60 heavy (non-hydrogen) atoms. The van der Waals surface area contributed by atoms with Crippen molar-refractivity contribution in [2.75, 3.05) is 0 Å². The van der Waals surface area contributed by atoms with E-state index in [9.17, 15) is 0 Å². The summed E-state index contributed by atoms with van der Waals surface area (Å²) < 4.78 is 4.84. The smallest absolute Gasteiger partial charge is 0.164 e. The Balaban J connectivity index is 1.06. The van der Waals surface area contributed by atoms with Crippen LogP contribution in [0.4, 0.5) is 0 Å². The molecule has 0 aliphatic rings. The average Bonchev–Trinajstić information content (AvgIpc) is 3.85. The van der Waals surface area contributed by atoms with Gasteiger partial charge in [-0.25, -0.2) is 15.0 Å². The van der Waals surface area contributed by atoms with E-state index < -0.39 is 0 Å². The number of fused-ring (bicyclic) bond motifs is 8. The van der Waals surface area contributed by atoms with Gasteiger partial charge in [0.05, 0.1) is 22.1 Å². The second-order valence-electron chi connectivity index (χ2n) is 15.3. The van der Waals surface area contributed by atoms with Crippen molar-refractivity contribution in [1.82, 2.24) is 24.1 Å². The zero-order valence-corrected chi connectivity index (χ0v) is 32.4. The predicted molar refractivity (Wildman–Crippen MR) is 248 cm³/mol. The van der Waals surface area contributed by atoms with Crippen LogP contribution in [0.2, 0.25) is 0 Å². The summed E-state index contributed by atoms with van der Waals surface area (Å²) in [6.45, 7) is 0. The van der Waals surface area contributed by atoms with Crippen molar-refractivity contribution in [3.05, 3.63) is 212 Å². The summed E-state index contributed by atoms with van der Waals surface area (Å²) in [5.74, 6) is 1.88. The standard InChI is InChI=1S/C55H35N5/c1-3-14-36(15-4-1)38-26-28-40(29-27-38)54-56-53(39-17-5-2-6-18-39)57-55(58-54)42-20-13-21-43(35-42)59-49-25-12-10-23-47(49)51-50(59)33-32-46-45-22-9-11-24-48(45)60(52(46)51)44-31-30-37-16-7-8-19-41(37)34-44/h1-35H. The monoisotopic (exact) mass is 765 g/mol. The zero-order valence-electron chi connectivity index (χ0n) is 32.4. The Labute approximate surface area is 346 Å². The molecule has 12 aromatic rings. The molecule has 0 fully saturated rings. The van der Waals surface area contributed by atoms with Crippen molar-refractivity contribution in [1.29, 1.82) is 0 Å². The minimum absolute atomic E-state index is 0.618. The lowest BCUT2D eigenvalue weighted by molar-refractivity contribution is 1.07. The van der Waals surface area contributed by atoms with Crippen LogP contribution in [0.1, 0.15) is 0 Å². The Kier molecular flexibility index (Phi) is 7.78.